The number of hydrogen-bond donors (Lipinski definition) is 1. The number of carbonyl (C=O) groups excluding carboxylic acids is 1. The van der Waals surface area contributed by atoms with Crippen LogP contribution >= 0.6 is 22.9 Å². The van der Waals surface area contributed by atoms with E-state index < -0.39 is 21.2 Å². The smallest absolute Gasteiger partial charge is 0.352 e. The third kappa shape index (κ3) is 7.19. The summed E-state index contributed by atoms with van der Waals surface area (Å²) in [7, 11) is -2.69. The number of aromatic nitrogens is 1. The lowest BCUT2D eigenvalue weighted by Crippen LogP contribution is -2.35. The number of ether oxygens (including phenoxy) is 2. The molecule has 0 radical (unpaired) electrons. The van der Waals surface area contributed by atoms with Crippen molar-refractivity contribution in [3.63, 3.8) is 0 Å². The van der Waals surface area contributed by atoms with Gasteiger partial charge in [-0.15, -0.1) is 11.3 Å². The second kappa shape index (κ2) is 13.1. The number of nitrogens with zero attached hydrogens (tertiary/aromatic N) is 3. The number of nitrogens with one attached hydrogen (secondary N) is 1. The molecule has 11 nitrogen and oxygen atoms in total. The summed E-state index contributed by atoms with van der Waals surface area (Å²) in [4.78, 5) is 30.6. The van der Waals surface area contributed by atoms with Crippen molar-refractivity contribution in [3.05, 3.63) is 84.2 Å². The summed E-state index contributed by atoms with van der Waals surface area (Å²) in [6, 6.07) is 11.2. The van der Waals surface area contributed by atoms with Gasteiger partial charge in [-0.25, -0.2) is 9.78 Å². The fraction of sp³-hybridized carbons (Fsp3) is 0.320. The molecule has 2 heterocycles. The minimum atomic E-state index is -2.69. The van der Waals surface area contributed by atoms with Crippen molar-refractivity contribution < 1.29 is 27.6 Å². The van der Waals surface area contributed by atoms with Crippen LogP contribution in [0, 0.1) is 10.1 Å². The van der Waals surface area contributed by atoms with E-state index in [1.54, 1.807) is 25.1 Å². The molecule has 1 aromatic heterocycles. The van der Waals surface area contributed by atoms with E-state index in [1.165, 1.54) is 18.2 Å². The Morgan fingerprint density at radius 1 is 1.23 bits per heavy atom. The zero-order chi connectivity index (χ0) is 27.9. The summed E-state index contributed by atoms with van der Waals surface area (Å²) < 4.78 is 34.8. The second-order valence-electron chi connectivity index (χ2n) is 8.45. The van der Waals surface area contributed by atoms with E-state index in [4.69, 9.17) is 21.1 Å². The molecule has 0 unspecified atom stereocenters. The number of morpholine rings is 1. The van der Waals surface area contributed by atoms with E-state index in [0.29, 0.717) is 35.9 Å². The van der Waals surface area contributed by atoms with Crippen molar-refractivity contribution in [3.8, 4) is 0 Å². The van der Waals surface area contributed by atoms with E-state index in [2.05, 4.69) is 15.2 Å². The molecule has 1 N–H and O–H groups in total. The highest BCUT2D eigenvalue weighted by molar-refractivity contribution is 7.74. The van der Waals surface area contributed by atoms with Crippen LogP contribution in [0.4, 0.5) is 11.5 Å². The summed E-state index contributed by atoms with van der Waals surface area (Å²) in [5, 5.41) is 15.3. The van der Waals surface area contributed by atoms with Gasteiger partial charge in [-0.1, -0.05) is 35.9 Å². The van der Waals surface area contributed by atoms with Gasteiger partial charge >= 0.3 is 5.97 Å². The molecule has 2 aromatic carbocycles. The molecule has 1 aliphatic rings. The van der Waals surface area contributed by atoms with E-state index in [0.717, 1.165) is 30.0 Å². The standard InChI is InChI=1S/C25H25ClN4O7S2/c1-2-37-25(31)21-23(28-24(38-21)22(39(34)35)17-5-7-19(26)8-6-17)27-14-18-4-3-16(13-20(18)30(32)33)15-29-9-11-36-12-10-29/h3-8,13,27H,2,9-12,14-15H2,1H3. The predicted octanol–water partition coefficient (Wildman–Crippen LogP) is 3.77. The van der Waals surface area contributed by atoms with Crippen molar-refractivity contribution in [2.75, 3.05) is 38.2 Å². The third-order valence-corrected chi connectivity index (χ3v) is 8.05. The van der Waals surface area contributed by atoms with Gasteiger partial charge in [-0.05, 0) is 24.6 Å². The van der Waals surface area contributed by atoms with Crippen LogP contribution in [0.1, 0.15) is 38.3 Å². The average molecular weight is 593 g/mol. The number of carbonyl (C=O) groups is 1. The second-order valence-corrected chi connectivity index (χ2v) is 10.8. The van der Waals surface area contributed by atoms with E-state index in [1.807, 2.05) is 6.07 Å². The molecule has 1 aliphatic heterocycles. The zero-order valence-corrected chi connectivity index (χ0v) is 23.3. The average Bonchev–Trinajstić information content (AvgIpc) is 3.33. The first-order chi connectivity index (χ1) is 18.8. The van der Waals surface area contributed by atoms with Crippen LogP contribution in [0.15, 0.2) is 42.5 Å². The Bertz CT molecular complexity index is 1490. The highest BCUT2D eigenvalue weighted by Gasteiger charge is 2.24. The molecule has 1 fully saturated rings. The van der Waals surface area contributed by atoms with Crippen LogP contribution in [-0.4, -0.2) is 67.0 Å². The molecule has 0 spiro atoms. The summed E-state index contributed by atoms with van der Waals surface area (Å²) >= 11 is 6.79. The number of rotatable bonds is 10. The minimum absolute atomic E-state index is 0.0273. The molecule has 0 amide bonds. The van der Waals surface area contributed by atoms with Gasteiger partial charge in [0, 0.05) is 48.4 Å². The molecule has 0 bridgehead atoms. The molecule has 0 saturated carbocycles. The van der Waals surface area contributed by atoms with Gasteiger partial charge < -0.3 is 14.8 Å². The lowest BCUT2D eigenvalue weighted by Gasteiger charge is -2.26. The van der Waals surface area contributed by atoms with Crippen molar-refractivity contribution >= 4 is 55.6 Å². The molecule has 4 rings (SSSR count). The zero-order valence-electron chi connectivity index (χ0n) is 20.9. The number of nitro benzene ring substituents is 1. The highest BCUT2D eigenvalue weighted by atomic mass is 35.5. The van der Waals surface area contributed by atoms with Crippen LogP contribution in [0.5, 0.6) is 0 Å². The van der Waals surface area contributed by atoms with Gasteiger partial charge in [0.1, 0.15) is 9.87 Å². The van der Waals surface area contributed by atoms with Crippen molar-refractivity contribution in [1.29, 1.82) is 0 Å². The first-order valence-corrected chi connectivity index (χ1v) is 14.2. The molecule has 14 heteroatoms. The molecular weight excluding hydrogens is 568 g/mol. The summed E-state index contributed by atoms with van der Waals surface area (Å²) in [5.41, 5.74) is 1.45. The number of halogens is 1. The van der Waals surface area contributed by atoms with E-state index in [-0.39, 0.29) is 39.4 Å². The van der Waals surface area contributed by atoms with Gasteiger partial charge in [0.15, 0.2) is 10.7 Å². The number of benzene rings is 2. The normalized spacial score (nSPS) is 13.6. The summed E-state index contributed by atoms with van der Waals surface area (Å²) in [6.07, 6.45) is 0. The fourth-order valence-electron chi connectivity index (χ4n) is 3.99. The van der Waals surface area contributed by atoms with Crippen LogP contribution in [0.2, 0.25) is 5.02 Å². The Morgan fingerprint density at radius 2 is 1.95 bits per heavy atom. The van der Waals surface area contributed by atoms with E-state index in [9.17, 15) is 23.3 Å². The number of thiazole rings is 1. The van der Waals surface area contributed by atoms with Crippen molar-refractivity contribution in [2.45, 2.75) is 20.0 Å². The third-order valence-electron chi connectivity index (χ3n) is 5.86. The van der Waals surface area contributed by atoms with Gasteiger partial charge in [-0.2, -0.15) is 8.42 Å². The first-order valence-electron chi connectivity index (χ1n) is 12.0. The molecule has 206 valence electrons. The summed E-state index contributed by atoms with van der Waals surface area (Å²) in [5.74, 6) is -0.622. The minimum Gasteiger partial charge on any atom is -0.462 e. The van der Waals surface area contributed by atoms with Crippen LogP contribution in [0.3, 0.4) is 0 Å². The maximum absolute atomic E-state index is 12.7. The maximum atomic E-state index is 12.7. The van der Waals surface area contributed by atoms with E-state index >= 15 is 0 Å². The predicted molar refractivity (Wildman–Crippen MR) is 148 cm³/mol. The molecule has 39 heavy (non-hydrogen) atoms. The van der Waals surface area contributed by atoms with Crippen molar-refractivity contribution in [2.24, 2.45) is 0 Å². The topological polar surface area (TPSA) is 141 Å². The number of esters is 1. The Labute approximate surface area is 235 Å². The number of anilines is 1. The SMILES string of the molecule is CCOC(=O)c1sc(C(c2ccc(Cl)cc2)=S(=O)=O)nc1NCc1ccc(CN2CCOCC2)cc1[N+](=O)[O-]. The molecular formula is C25H25ClN4O7S2. The molecule has 0 atom stereocenters. The van der Waals surface area contributed by atoms with Crippen LogP contribution in [-0.2, 0) is 32.9 Å². The van der Waals surface area contributed by atoms with Gasteiger partial charge in [-0.3, -0.25) is 15.0 Å². The van der Waals surface area contributed by atoms with Crippen LogP contribution < -0.4 is 5.32 Å². The molecule has 1 saturated heterocycles. The number of hydrogen-bond acceptors (Lipinski definition) is 11. The Kier molecular flexibility index (Phi) is 9.64. The number of nitro groups is 1. The van der Waals surface area contributed by atoms with Crippen molar-refractivity contribution in [1.82, 2.24) is 9.88 Å². The van der Waals surface area contributed by atoms with Gasteiger partial charge in [0.2, 0.25) is 10.3 Å². The summed E-state index contributed by atoms with van der Waals surface area (Å²) in [6.45, 7) is 5.04. The monoisotopic (exact) mass is 592 g/mol. The highest BCUT2D eigenvalue weighted by Crippen LogP contribution is 2.29. The molecule has 3 aromatic rings. The van der Waals surface area contributed by atoms with Gasteiger partial charge in [0.25, 0.3) is 5.69 Å². The fourth-order valence-corrected chi connectivity index (χ4v) is 5.86. The largest absolute Gasteiger partial charge is 0.462 e. The molecule has 0 aliphatic carbocycles. The maximum Gasteiger partial charge on any atom is 0.352 e. The Balaban J connectivity index is 1.63. The first kappa shape index (κ1) is 28.6. The van der Waals surface area contributed by atoms with Gasteiger partial charge in [0.05, 0.1) is 24.7 Å². The lowest BCUT2D eigenvalue weighted by molar-refractivity contribution is -0.385. The Hall–Kier alpha value is -3.36. The quantitative estimate of drug-likeness (QED) is 0.122. The Morgan fingerprint density at radius 3 is 2.59 bits per heavy atom. The lowest BCUT2D eigenvalue weighted by atomic mass is 10.1. The van der Waals surface area contributed by atoms with Crippen LogP contribution in [0.25, 0.3) is 0 Å².